The van der Waals surface area contributed by atoms with Crippen LogP contribution in [-0.4, -0.2) is 14.2 Å². The van der Waals surface area contributed by atoms with Gasteiger partial charge in [0.25, 0.3) is 0 Å². The summed E-state index contributed by atoms with van der Waals surface area (Å²) in [4.78, 5) is 0. The molecule has 0 aliphatic rings. The van der Waals surface area contributed by atoms with Gasteiger partial charge in [-0.3, -0.25) is 0 Å². The first-order valence-electron chi connectivity index (χ1n) is 5.39. The van der Waals surface area contributed by atoms with Crippen molar-refractivity contribution in [2.75, 3.05) is 14.2 Å². The Balaban J connectivity index is 2.51. The normalized spacial score (nSPS) is 12.4. The van der Waals surface area contributed by atoms with Crippen LogP contribution in [0.2, 0.25) is 0 Å². The number of thiophene rings is 1. The largest absolute Gasteiger partial charge is 0.496 e. The molecule has 0 aliphatic heterocycles. The Morgan fingerprint density at radius 3 is 2.78 bits per heavy atom. The molecule has 1 unspecified atom stereocenters. The number of nitrogens with one attached hydrogen (secondary N) is 1. The maximum absolute atomic E-state index is 13.5. The lowest BCUT2D eigenvalue weighted by Gasteiger charge is -2.19. The van der Waals surface area contributed by atoms with Crippen molar-refractivity contribution < 1.29 is 9.13 Å². The molecule has 0 spiro atoms. The highest BCUT2D eigenvalue weighted by Gasteiger charge is 2.19. The molecule has 0 aliphatic carbocycles. The third-order valence-electron chi connectivity index (χ3n) is 2.75. The minimum Gasteiger partial charge on any atom is -0.496 e. The molecule has 2 nitrogen and oxygen atoms in total. The Bertz CT molecular complexity index is 530. The Labute approximate surface area is 118 Å². The topological polar surface area (TPSA) is 21.3 Å². The van der Waals surface area contributed by atoms with Crippen molar-refractivity contribution in [2.45, 2.75) is 6.04 Å². The van der Waals surface area contributed by atoms with Crippen molar-refractivity contribution in [3.05, 3.63) is 50.4 Å². The molecule has 96 valence electrons. The van der Waals surface area contributed by atoms with E-state index in [9.17, 15) is 4.39 Å². The number of hydrogen-bond acceptors (Lipinski definition) is 3. The molecule has 0 amide bonds. The summed E-state index contributed by atoms with van der Waals surface area (Å²) in [6.45, 7) is 0. The fourth-order valence-corrected chi connectivity index (χ4v) is 2.93. The van der Waals surface area contributed by atoms with Gasteiger partial charge in [0.1, 0.15) is 11.6 Å². The minimum absolute atomic E-state index is 0.0110. The average Bonchev–Trinajstić information content (AvgIpc) is 2.88. The summed E-state index contributed by atoms with van der Waals surface area (Å²) in [6.07, 6.45) is 0. The number of rotatable bonds is 4. The van der Waals surface area contributed by atoms with Crippen LogP contribution in [0.3, 0.4) is 0 Å². The van der Waals surface area contributed by atoms with Crippen molar-refractivity contribution in [1.29, 1.82) is 0 Å². The first-order chi connectivity index (χ1) is 8.67. The molecular formula is C13H13BrFNOS. The van der Waals surface area contributed by atoms with E-state index >= 15 is 0 Å². The van der Waals surface area contributed by atoms with Gasteiger partial charge in [0.2, 0.25) is 0 Å². The van der Waals surface area contributed by atoms with Gasteiger partial charge in [-0.1, -0.05) is 0 Å². The summed E-state index contributed by atoms with van der Waals surface area (Å²) < 4.78 is 19.2. The van der Waals surface area contributed by atoms with Crippen LogP contribution < -0.4 is 10.1 Å². The number of hydrogen-bond donors (Lipinski definition) is 1. The van der Waals surface area contributed by atoms with Gasteiger partial charge in [-0.25, -0.2) is 4.39 Å². The molecule has 0 fully saturated rings. The van der Waals surface area contributed by atoms with Gasteiger partial charge in [0.15, 0.2) is 0 Å². The molecule has 2 aromatic rings. The van der Waals surface area contributed by atoms with Gasteiger partial charge in [0, 0.05) is 11.6 Å². The highest BCUT2D eigenvalue weighted by molar-refractivity contribution is 9.10. The predicted octanol–water partition coefficient (Wildman–Crippen LogP) is 3.97. The highest BCUT2D eigenvalue weighted by Crippen LogP contribution is 2.34. The number of halogens is 2. The zero-order valence-electron chi connectivity index (χ0n) is 10.0. The van der Waals surface area contributed by atoms with E-state index in [1.165, 1.54) is 6.07 Å². The SMILES string of the molecule is CNC(c1ccsc1)c1cc(Br)c(F)cc1OC. The Kier molecular flexibility index (Phi) is 4.37. The van der Waals surface area contributed by atoms with E-state index in [1.54, 1.807) is 24.5 Å². The molecule has 1 aromatic heterocycles. The second kappa shape index (κ2) is 5.82. The molecule has 0 saturated heterocycles. The zero-order valence-corrected chi connectivity index (χ0v) is 12.4. The monoisotopic (exact) mass is 329 g/mol. The average molecular weight is 330 g/mol. The standard InChI is InChI=1S/C13H13BrFNOS/c1-16-13(8-3-4-18-7-8)9-5-10(14)11(15)6-12(9)17-2/h3-7,13,16H,1-2H3. The first-order valence-corrected chi connectivity index (χ1v) is 7.13. The van der Waals surface area contributed by atoms with E-state index in [0.29, 0.717) is 10.2 Å². The smallest absolute Gasteiger partial charge is 0.141 e. The number of methoxy groups -OCH3 is 1. The van der Waals surface area contributed by atoms with Crippen molar-refractivity contribution in [1.82, 2.24) is 5.32 Å². The molecule has 1 heterocycles. The van der Waals surface area contributed by atoms with Gasteiger partial charge in [0.05, 0.1) is 17.6 Å². The van der Waals surface area contributed by atoms with Gasteiger partial charge in [-0.05, 0) is 51.4 Å². The van der Waals surface area contributed by atoms with E-state index in [2.05, 4.69) is 26.6 Å². The van der Waals surface area contributed by atoms with Crippen LogP contribution >= 0.6 is 27.3 Å². The van der Waals surface area contributed by atoms with Crippen molar-refractivity contribution in [3.63, 3.8) is 0 Å². The van der Waals surface area contributed by atoms with Gasteiger partial charge in [-0.2, -0.15) is 11.3 Å². The van der Waals surface area contributed by atoms with E-state index in [0.717, 1.165) is 11.1 Å². The Hall–Kier alpha value is -0.910. The Morgan fingerprint density at radius 2 is 2.22 bits per heavy atom. The summed E-state index contributed by atoms with van der Waals surface area (Å²) in [5, 5.41) is 7.31. The lowest BCUT2D eigenvalue weighted by molar-refractivity contribution is 0.401. The van der Waals surface area contributed by atoms with Gasteiger partial charge >= 0.3 is 0 Å². The maximum Gasteiger partial charge on any atom is 0.141 e. The number of benzene rings is 1. The Morgan fingerprint density at radius 1 is 1.44 bits per heavy atom. The lowest BCUT2D eigenvalue weighted by Crippen LogP contribution is -2.18. The van der Waals surface area contributed by atoms with Gasteiger partial charge in [-0.15, -0.1) is 0 Å². The fraction of sp³-hybridized carbons (Fsp3) is 0.231. The molecule has 1 aromatic carbocycles. The quantitative estimate of drug-likeness (QED) is 0.916. The summed E-state index contributed by atoms with van der Waals surface area (Å²) in [5.41, 5.74) is 2.05. The van der Waals surface area contributed by atoms with E-state index < -0.39 is 0 Å². The van der Waals surface area contributed by atoms with Crippen molar-refractivity contribution in [3.8, 4) is 5.75 Å². The maximum atomic E-state index is 13.5. The van der Waals surface area contributed by atoms with Crippen LogP contribution in [0.4, 0.5) is 4.39 Å². The third kappa shape index (κ3) is 2.58. The molecule has 1 N–H and O–H groups in total. The van der Waals surface area contributed by atoms with Crippen LogP contribution in [0, 0.1) is 5.82 Å². The highest BCUT2D eigenvalue weighted by atomic mass is 79.9. The van der Waals surface area contributed by atoms with Crippen LogP contribution in [0.1, 0.15) is 17.2 Å². The summed E-state index contributed by atoms with van der Waals surface area (Å²) >= 11 is 4.85. The fourth-order valence-electron chi connectivity index (χ4n) is 1.89. The van der Waals surface area contributed by atoms with Crippen LogP contribution in [0.5, 0.6) is 5.75 Å². The first kappa shape index (κ1) is 13.5. The van der Waals surface area contributed by atoms with Crippen LogP contribution in [-0.2, 0) is 0 Å². The molecule has 0 radical (unpaired) electrons. The summed E-state index contributed by atoms with van der Waals surface area (Å²) in [5.74, 6) is 0.219. The second-order valence-electron chi connectivity index (χ2n) is 3.79. The molecule has 0 saturated carbocycles. The third-order valence-corrected chi connectivity index (χ3v) is 4.06. The van der Waals surface area contributed by atoms with Crippen molar-refractivity contribution >= 4 is 27.3 Å². The van der Waals surface area contributed by atoms with Crippen molar-refractivity contribution in [2.24, 2.45) is 0 Å². The minimum atomic E-state index is -0.323. The molecule has 2 rings (SSSR count). The zero-order chi connectivity index (χ0) is 13.1. The lowest BCUT2D eigenvalue weighted by atomic mass is 10.0. The molecule has 0 bridgehead atoms. The molecule has 1 atom stereocenters. The molecule has 5 heteroatoms. The van der Waals surface area contributed by atoms with E-state index in [4.69, 9.17) is 4.74 Å². The summed E-state index contributed by atoms with van der Waals surface area (Å²) in [6, 6.07) is 5.19. The molecule has 18 heavy (non-hydrogen) atoms. The molecular weight excluding hydrogens is 317 g/mol. The van der Waals surface area contributed by atoms with E-state index in [1.807, 2.05) is 18.5 Å². The summed E-state index contributed by atoms with van der Waals surface area (Å²) in [7, 11) is 3.42. The van der Waals surface area contributed by atoms with Gasteiger partial charge < -0.3 is 10.1 Å². The van der Waals surface area contributed by atoms with Crippen LogP contribution in [0.15, 0.2) is 33.4 Å². The number of ether oxygens (including phenoxy) is 1. The van der Waals surface area contributed by atoms with Crippen LogP contribution in [0.25, 0.3) is 0 Å². The van der Waals surface area contributed by atoms with E-state index in [-0.39, 0.29) is 11.9 Å². The second-order valence-corrected chi connectivity index (χ2v) is 5.42. The predicted molar refractivity (Wildman–Crippen MR) is 75.9 cm³/mol.